The number of aryl methyl sites for hydroxylation is 2. The van der Waals surface area contributed by atoms with Crippen LogP contribution in [0.1, 0.15) is 76.9 Å². The summed E-state index contributed by atoms with van der Waals surface area (Å²) in [5.74, 6) is 2.47. The SMILES string of the molecule is CCCc1nn(-c2cccc(Oc3ccc4c5cc(CC)ccc5n(-c5cc(C(C)(C)C)ccn5)c4c3)c2)c(CCC)c1-c1ccccc1. The second kappa shape index (κ2) is 13.4. The molecule has 3 heterocycles. The number of benzene rings is 4. The molecule has 0 aliphatic carbocycles. The summed E-state index contributed by atoms with van der Waals surface area (Å²) in [5, 5.41) is 7.63. The third-order valence-corrected chi connectivity index (χ3v) is 9.44. The largest absolute Gasteiger partial charge is 0.457 e. The number of aromatic nitrogens is 4. The molecule has 0 saturated carbocycles. The van der Waals surface area contributed by atoms with E-state index in [9.17, 15) is 0 Å². The fourth-order valence-corrected chi connectivity index (χ4v) is 6.93. The molecule has 0 bridgehead atoms. The molecule has 4 aromatic carbocycles. The minimum Gasteiger partial charge on any atom is -0.457 e. The Bertz CT molecular complexity index is 2250. The third-order valence-electron chi connectivity index (χ3n) is 9.44. The van der Waals surface area contributed by atoms with Gasteiger partial charge in [-0.1, -0.05) is 96.8 Å². The lowest BCUT2D eigenvalue weighted by molar-refractivity contribution is 0.482. The molecule has 0 N–H and O–H groups in total. The summed E-state index contributed by atoms with van der Waals surface area (Å²) in [4.78, 5) is 4.88. The van der Waals surface area contributed by atoms with Crippen molar-refractivity contribution in [2.45, 2.75) is 79.1 Å². The van der Waals surface area contributed by atoms with Crippen LogP contribution in [0.25, 0.3) is 44.4 Å². The van der Waals surface area contributed by atoms with E-state index in [1.165, 1.54) is 38.7 Å². The molecule has 3 aromatic heterocycles. The van der Waals surface area contributed by atoms with E-state index in [0.29, 0.717) is 0 Å². The Morgan fingerprint density at radius 3 is 2.24 bits per heavy atom. The minimum atomic E-state index is 0.00977. The molecule has 7 aromatic rings. The maximum atomic E-state index is 6.65. The van der Waals surface area contributed by atoms with E-state index in [2.05, 4.69) is 148 Å². The van der Waals surface area contributed by atoms with Crippen LogP contribution in [0.15, 0.2) is 109 Å². The summed E-state index contributed by atoms with van der Waals surface area (Å²) >= 11 is 0. The first-order valence-electron chi connectivity index (χ1n) is 17.8. The highest BCUT2D eigenvalue weighted by atomic mass is 16.5. The molecule has 0 radical (unpaired) electrons. The monoisotopic (exact) mass is 646 g/mol. The van der Waals surface area contributed by atoms with E-state index in [-0.39, 0.29) is 5.41 Å². The molecule has 0 atom stereocenters. The predicted octanol–water partition coefficient (Wildman–Crippen LogP) is 11.6. The van der Waals surface area contributed by atoms with Gasteiger partial charge in [0.05, 0.1) is 28.1 Å². The van der Waals surface area contributed by atoms with Crippen LogP contribution in [0.3, 0.4) is 0 Å². The summed E-state index contributed by atoms with van der Waals surface area (Å²) in [6.07, 6.45) is 6.87. The highest BCUT2D eigenvalue weighted by Crippen LogP contribution is 2.37. The van der Waals surface area contributed by atoms with E-state index >= 15 is 0 Å². The standard InChI is InChI=1S/C44H46N4O/c1-7-14-38-43(31-16-11-10-12-17-31)40(15-8-2)48(46-38)33-18-13-19-34(28-33)49-35-21-22-36-37-26-30(9-3)20-23-39(37)47(41(36)29-35)42-27-32(24-25-45-42)44(4,5)6/h10-13,16-29H,7-9,14-15H2,1-6H3. The molecule has 0 unspecified atom stereocenters. The first-order valence-corrected chi connectivity index (χ1v) is 17.8. The average Bonchev–Trinajstić information content (AvgIpc) is 3.63. The van der Waals surface area contributed by atoms with E-state index in [1.54, 1.807) is 0 Å². The molecule has 0 spiro atoms. The maximum Gasteiger partial charge on any atom is 0.137 e. The molecule has 0 saturated heterocycles. The second-order valence-corrected chi connectivity index (χ2v) is 14.0. The number of nitrogens with zero attached hydrogens (tertiary/aromatic N) is 4. The third kappa shape index (κ3) is 6.26. The van der Waals surface area contributed by atoms with Crippen LogP contribution in [0.5, 0.6) is 11.5 Å². The molecule has 0 amide bonds. The Kier molecular flexibility index (Phi) is 8.85. The van der Waals surface area contributed by atoms with Crippen LogP contribution in [0.4, 0.5) is 0 Å². The molecule has 49 heavy (non-hydrogen) atoms. The number of hydrogen-bond donors (Lipinski definition) is 0. The lowest BCUT2D eigenvalue weighted by Crippen LogP contribution is -2.12. The van der Waals surface area contributed by atoms with E-state index in [4.69, 9.17) is 14.8 Å². The van der Waals surface area contributed by atoms with Crippen LogP contribution in [0, 0.1) is 0 Å². The normalized spacial score (nSPS) is 11.9. The van der Waals surface area contributed by atoms with Crippen LogP contribution in [-0.2, 0) is 24.7 Å². The quantitative estimate of drug-likeness (QED) is 0.149. The van der Waals surface area contributed by atoms with Gasteiger partial charge in [0.25, 0.3) is 0 Å². The summed E-state index contributed by atoms with van der Waals surface area (Å²) < 4.78 is 11.1. The van der Waals surface area contributed by atoms with E-state index in [1.807, 2.05) is 12.3 Å². The van der Waals surface area contributed by atoms with Crippen molar-refractivity contribution in [1.29, 1.82) is 0 Å². The van der Waals surface area contributed by atoms with Crippen LogP contribution < -0.4 is 4.74 Å². The van der Waals surface area contributed by atoms with Gasteiger partial charge in [0.1, 0.15) is 17.3 Å². The van der Waals surface area contributed by atoms with Crippen LogP contribution >= 0.6 is 0 Å². The molecule has 7 rings (SSSR count). The van der Waals surface area contributed by atoms with Crippen molar-refractivity contribution < 1.29 is 4.74 Å². The van der Waals surface area contributed by atoms with E-state index < -0.39 is 0 Å². The Balaban J connectivity index is 1.32. The lowest BCUT2D eigenvalue weighted by atomic mass is 9.88. The van der Waals surface area contributed by atoms with Gasteiger partial charge in [-0.15, -0.1) is 0 Å². The molecule has 0 fully saturated rings. The Hall–Kier alpha value is -5.16. The summed E-state index contributed by atoms with van der Waals surface area (Å²) in [5.41, 5.74) is 10.7. The maximum absolute atomic E-state index is 6.65. The first kappa shape index (κ1) is 32.4. The van der Waals surface area contributed by atoms with Gasteiger partial charge < -0.3 is 4.74 Å². The zero-order valence-electron chi connectivity index (χ0n) is 29.6. The van der Waals surface area contributed by atoms with Gasteiger partial charge in [-0.25, -0.2) is 9.67 Å². The van der Waals surface area contributed by atoms with Gasteiger partial charge >= 0.3 is 0 Å². The average molecular weight is 647 g/mol. The summed E-state index contributed by atoms with van der Waals surface area (Å²) in [7, 11) is 0. The van der Waals surface area contributed by atoms with Gasteiger partial charge in [-0.05, 0) is 89.9 Å². The van der Waals surface area contributed by atoms with Gasteiger partial charge in [-0.3, -0.25) is 4.57 Å². The van der Waals surface area contributed by atoms with Crippen molar-refractivity contribution in [3.8, 4) is 34.1 Å². The Labute approximate surface area is 290 Å². The van der Waals surface area contributed by atoms with Crippen molar-refractivity contribution in [1.82, 2.24) is 19.3 Å². The molecule has 0 aliphatic heterocycles. The van der Waals surface area contributed by atoms with Gasteiger partial charge in [0.15, 0.2) is 0 Å². The van der Waals surface area contributed by atoms with Crippen LogP contribution in [-0.4, -0.2) is 19.3 Å². The topological polar surface area (TPSA) is 44.9 Å². The van der Waals surface area contributed by atoms with Crippen molar-refractivity contribution in [3.05, 3.63) is 132 Å². The zero-order chi connectivity index (χ0) is 34.1. The molecular weight excluding hydrogens is 601 g/mol. The predicted molar refractivity (Wildman–Crippen MR) is 204 cm³/mol. The zero-order valence-corrected chi connectivity index (χ0v) is 29.6. The molecule has 248 valence electrons. The minimum absolute atomic E-state index is 0.00977. The molecule has 5 nitrogen and oxygen atoms in total. The van der Waals surface area contributed by atoms with Crippen molar-refractivity contribution in [3.63, 3.8) is 0 Å². The Morgan fingerprint density at radius 1 is 0.694 bits per heavy atom. The van der Waals surface area contributed by atoms with Crippen molar-refractivity contribution >= 4 is 21.8 Å². The van der Waals surface area contributed by atoms with Crippen LogP contribution in [0.2, 0.25) is 0 Å². The second-order valence-electron chi connectivity index (χ2n) is 14.0. The first-order chi connectivity index (χ1) is 23.8. The fraction of sp³-hybridized carbons (Fsp3) is 0.273. The number of ether oxygens (including phenoxy) is 1. The molecular formula is C44H46N4O. The van der Waals surface area contributed by atoms with Crippen molar-refractivity contribution in [2.24, 2.45) is 0 Å². The number of hydrogen-bond acceptors (Lipinski definition) is 3. The highest BCUT2D eigenvalue weighted by molar-refractivity contribution is 6.09. The highest BCUT2D eigenvalue weighted by Gasteiger charge is 2.21. The fourth-order valence-electron chi connectivity index (χ4n) is 6.93. The number of fused-ring (bicyclic) bond motifs is 3. The number of pyridine rings is 1. The Morgan fingerprint density at radius 2 is 1.49 bits per heavy atom. The summed E-state index contributed by atoms with van der Waals surface area (Å²) in [6.45, 7) is 13.4. The van der Waals surface area contributed by atoms with Gasteiger partial charge in [0, 0.05) is 34.7 Å². The molecule has 0 aliphatic rings. The molecule has 5 heteroatoms. The van der Waals surface area contributed by atoms with Gasteiger partial charge in [-0.2, -0.15) is 5.10 Å². The lowest BCUT2D eigenvalue weighted by Gasteiger charge is -2.20. The van der Waals surface area contributed by atoms with Gasteiger partial charge in [0.2, 0.25) is 0 Å². The van der Waals surface area contributed by atoms with E-state index in [0.717, 1.165) is 71.8 Å². The summed E-state index contributed by atoms with van der Waals surface area (Å²) in [6, 6.07) is 36.6. The van der Waals surface area contributed by atoms with Crippen molar-refractivity contribution in [2.75, 3.05) is 0 Å². The number of rotatable bonds is 10. The smallest absolute Gasteiger partial charge is 0.137 e.